The lowest BCUT2D eigenvalue weighted by molar-refractivity contribution is -0.0886. The molecule has 0 unspecified atom stereocenters. The Kier molecular flexibility index (Phi) is 5.38. The maximum atomic E-state index is 12.5. The van der Waals surface area contributed by atoms with Crippen molar-refractivity contribution in [3.63, 3.8) is 0 Å². The quantitative estimate of drug-likeness (QED) is 0.819. The first-order valence-electron chi connectivity index (χ1n) is 6.00. The Balaban J connectivity index is 3.37. The minimum atomic E-state index is -5.01. The number of Topliss-reactive ketones (excluding diaryl/α,β-unsaturated/α-hetero) is 1. The molecule has 0 aliphatic heterocycles. The highest BCUT2D eigenvalue weighted by atomic mass is 19.4. The molecule has 1 N–H and O–H groups in total. The highest BCUT2D eigenvalue weighted by Gasteiger charge is 2.41. The van der Waals surface area contributed by atoms with Crippen LogP contribution in [-0.2, 0) is 6.61 Å². The normalized spacial score (nSPS) is 11.3. The van der Waals surface area contributed by atoms with E-state index in [1.807, 2.05) is 0 Å². The fourth-order valence-electron chi connectivity index (χ4n) is 1.62. The van der Waals surface area contributed by atoms with Crippen LogP contribution in [0, 0.1) is 0 Å². The molecule has 0 aliphatic rings. The molecule has 20 heavy (non-hydrogen) atoms. The second-order valence-corrected chi connectivity index (χ2v) is 3.81. The molecule has 0 fully saturated rings. The predicted octanol–water partition coefficient (Wildman–Crippen LogP) is 2.72. The number of alkyl halides is 3. The third-order valence-electron chi connectivity index (χ3n) is 2.43. The Labute approximate surface area is 114 Å². The van der Waals surface area contributed by atoms with Crippen LogP contribution < -0.4 is 9.47 Å². The number of aliphatic hydroxyl groups is 1. The molecule has 4 nitrogen and oxygen atoms in total. The standard InChI is InChI=1S/C13H15F3O4/c1-3-19-10-6-11(20-4-2)9(5-8(10)7-17)12(18)13(14,15)16/h5-6,17H,3-4,7H2,1-2H3. The summed E-state index contributed by atoms with van der Waals surface area (Å²) in [5, 5.41) is 9.16. The van der Waals surface area contributed by atoms with Crippen molar-refractivity contribution in [2.24, 2.45) is 0 Å². The van der Waals surface area contributed by atoms with Crippen molar-refractivity contribution in [3.05, 3.63) is 23.3 Å². The van der Waals surface area contributed by atoms with Crippen molar-refractivity contribution in [3.8, 4) is 11.5 Å². The SMILES string of the molecule is CCOc1cc(OCC)c(C(=O)C(F)(F)F)cc1CO. The van der Waals surface area contributed by atoms with E-state index in [4.69, 9.17) is 14.6 Å². The van der Waals surface area contributed by atoms with Gasteiger partial charge in [-0.1, -0.05) is 0 Å². The molecular formula is C13H15F3O4. The zero-order valence-corrected chi connectivity index (χ0v) is 11.1. The number of halogens is 3. The molecule has 1 aromatic rings. The van der Waals surface area contributed by atoms with E-state index < -0.39 is 24.1 Å². The Hall–Kier alpha value is -1.76. The van der Waals surface area contributed by atoms with E-state index in [-0.39, 0.29) is 30.3 Å². The summed E-state index contributed by atoms with van der Waals surface area (Å²) < 4.78 is 47.9. The molecule has 0 saturated carbocycles. The zero-order chi connectivity index (χ0) is 15.3. The van der Waals surface area contributed by atoms with E-state index in [0.717, 1.165) is 6.07 Å². The topological polar surface area (TPSA) is 55.8 Å². The lowest BCUT2D eigenvalue weighted by atomic mass is 10.0. The first-order valence-corrected chi connectivity index (χ1v) is 6.00. The molecule has 0 radical (unpaired) electrons. The molecule has 0 bridgehead atoms. The van der Waals surface area contributed by atoms with Gasteiger partial charge in [-0.25, -0.2) is 0 Å². The van der Waals surface area contributed by atoms with E-state index in [2.05, 4.69) is 0 Å². The van der Waals surface area contributed by atoms with E-state index >= 15 is 0 Å². The van der Waals surface area contributed by atoms with Gasteiger partial charge in [0.05, 0.1) is 25.4 Å². The van der Waals surface area contributed by atoms with Crippen LogP contribution in [0.3, 0.4) is 0 Å². The predicted molar refractivity (Wildman–Crippen MR) is 65.1 cm³/mol. The summed E-state index contributed by atoms with van der Waals surface area (Å²) in [7, 11) is 0. The minimum absolute atomic E-state index is 0.0994. The summed E-state index contributed by atoms with van der Waals surface area (Å²) in [5.41, 5.74) is -0.533. The number of aliphatic hydroxyl groups excluding tert-OH is 1. The lowest BCUT2D eigenvalue weighted by Gasteiger charge is -2.16. The third kappa shape index (κ3) is 3.63. The molecule has 1 aromatic carbocycles. The highest BCUT2D eigenvalue weighted by molar-refractivity contribution is 6.03. The molecule has 0 aliphatic carbocycles. The van der Waals surface area contributed by atoms with Gasteiger partial charge >= 0.3 is 6.18 Å². The number of carbonyl (C=O) groups is 1. The molecular weight excluding hydrogens is 277 g/mol. The fourth-order valence-corrected chi connectivity index (χ4v) is 1.62. The Morgan fingerprint density at radius 2 is 1.70 bits per heavy atom. The second-order valence-electron chi connectivity index (χ2n) is 3.81. The van der Waals surface area contributed by atoms with Crippen LogP contribution in [0.15, 0.2) is 12.1 Å². The van der Waals surface area contributed by atoms with Gasteiger partial charge in [-0.15, -0.1) is 0 Å². The van der Waals surface area contributed by atoms with Gasteiger partial charge in [0.15, 0.2) is 0 Å². The summed E-state index contributed by atoms with van der Waals surface area (Å²) in [6.07, 6.45) is -5.01. The zero-order valence-electron chi connectivity index (χ0n) is 11.1. The second kappa shape index (κ2) is 6.60. The van der Waals surface area contributed by atoms with Crippen LogP contribution in [0.1, 0.15) is 29.8 Å². The van der Waals surface area contributed by atoms with Crippen molar-refractivity contribution < 1.29 is 32.5 Å². The average Bonchev–Trinajstić information content (AvgIpc) is 2.38. The maximum Gasteiger partial charge on any atom is 0.455 e. The molecule has 1 rings (SSSR count). The van der Waals surface area contributed by atoms with E-state index in [1.165, 1.54) is 6.07 Å². The molecule has 0 heterocycles. The van der Waals surface area contributed by atoms with Crippen LogP contribution in [0.5, 0.6) is 11.5 Å². The average molecular weight is 292 g/mol. The van der Waals surface area contributed by atoms with Crippen molar-refractivity contribution >= 4 is 5.78 Å². The summed E-state index contributed by atoms with van der Waals surface area (Å²) in [4.78, 5) is 11.4. The molecule has 0 amide bonds. The van der Waals surface area contributed by atoms with Crippen LogP contribution in [0.2, 0.25) is 0 Å². The highest BCUT2D eigenvalue weighted by Crippen LogP contribution is 2.33. The summed E-state index contributed by atoms with van der Waals surface area (Å²) in [6, 6.07) is 2.14. The summed E-state index contributed by atoms with van der Waals surface area (Å²) in [6.45, 7) is 3.10. The molecule has 0 saturated heterocycles. The Bertz CT molecular complexity index is 483. The van der Waals surface area contributed by atoms with Crippen LogP contribution >= 0.6 is 0 Å². The van der Waals surface area contributed by atoms with Gasteiger partial charge < -0.3 is 14.6 Å². The van der Waals surface area contributed by atoms with Gasteiger partial charge in [0, 0.05) is 11.6 Å². The van der Waals surface area contributed by atoms with Crippen molar-refractivity contribution in [1.29, 1.82) is 0 Å². The number of benzene rings is 1. The summed E-state index contributed by atoms with van der Waals surface area (Å²) >= 11 is 0. The monoisotopic (exact) mass is 292 g/mol. The smallest absolute Gasteiger partial charge is 0.455 e. The van der Waals surface area contributed by atoms with Crippen LogP contribution in [0.4, 0.5) is 13.2 Å². The van der Waals surface area contributed by atoms with Gasteiger partial charge in [-0.2, -0.15) is 13.2 Å². The van der Waals surface area contributed by atoms with E-state index in [0.29, 0.717) is 0 Å². The van der Waals surface area contributed by atoms with Gasteiger partial charge in [-0.3, -0.25) is 4.79 Å². The van der Waals surface area contributed by atoms with Crippen molar-refractivity contribution in [2.45, 2.75) is 26.6 Å². The lowest BCUT2D eigenvalue weighted by Crippen LogP contribution is -2.24. The van der Waals surface area contributed by atoms with E-state index in [1.54, 1.807) is 13.8 Å². The van der Waals surface area contributed by atoms with Crippen LogP contribution in [-0.4, -0.2) is 30.3 Å². The number of ketones is 1. The number of ether oxygens (including phenoxy) is 2. The minimum Gasteiger partial charge on any atom is -0.493 e. The third-order valence-corrected chi connectivity index (χ3v) is 2.43. The molecule has 0 atom stereocenters. The Morgan fingerprint density at radius 1 is 1.15 bits per heavy atom. The van der Waals surface area contributed by atoms with Crippen molar-refractivity contribution in [2.75, 3.05) is 13.2 Å². The number of hydrogen-bond donors (Lipinski definition) is 1. The van der Waals surface area contributed by atoms with Gasteiger partial charge in [0.2, 0.25) is 0 Å². The first-order chi connectivity index (χ1) is 9.35. The molecule has 7 heteroatoms. The number of rotatable bonds is 6. The first kappa shape index (κ1) is 16.3. The molecule has 112 valence electrons. The number of hydrogen-bond acceptors (Lipinski definition) is 4. The van der Waals surface area contributed by atoms with Gasteiger partial charge in [-0.05, 0) is 19.9 Å². The maximum absolute atomic E-state index is 12.5. The Morgan fingerprint density at radius 3 is 2.15 bits per heavy atom. The van der Waals surface area contributed by atoms with Gasteiger partial charge in [0.1, 0.15) is 11.5 Å². The fraction of sp³-hybridized carbons (Fsp3) is 0.462. The van der Waals surface area contributed by atoms with E-state index in [9.17, 15) is 18.0 Å². The van der Waals surface area contributed by atoms with Crippen LogP contribution in [0.25, 0.3) is 0 Å². The molecule has 0 spiro atoms. The largest absolute Gasteiger partial charge is 0.493 e. The summed E-state index contributed by atoms with van der Waals surface area (Å²) in [5.74, 6) is -2.04. The molecule has 0 aromatic heterocycles. The van der Waals surface area contributed by atoms with Gasteiger partial charge in [0.25, 0.3) is 5.78 Å². The van der Waals surface area contributed by atoms with Crippen molar-refractivity contribution in [1.82, 2.24) is 0 Å². The number of carbonyl (C=O) groups excluding carboxylic acids is 1.